The number of carbonyl (C=O) groups is 1. The van der Waals surface area contributed by atoms with Crippen molar-refractivity contribution in [2.45, 2.75) is 51.0 Å². The van der Waals surface area contributed by atoms with Gasteiger partial charge in [0.05, 0.1) is 34.6 Å². The lowest BCUT2D eigenvalue weighted by Crippen LogP contribution is -2.38. The number of aldehydes is 1. The molecule has 0 saturated carbocycles. The molecule has 0 spiro atoms. The van der Waals surface area contributed by atoms with E-state index in [0.29, 0.717) is 36.0 Å². The Labute approximate surface area is 252 Å². The molecule has 0 aliphatic carbocycles. The SMILES string of the molecule is C=C/C=C\CC(Oc1cc(OCc2cncc(C#N)c2)c(C=O)cc1Cl)C(C)OC(CO/C=C/C=C)CC(OC)OC. The zero-order chi connectivity index (χ0) is 30.7. The molecule has 2 aromatic rings. The minimum absolute atomic E-state index is 0.0809. The van der Waals surface area contributed by atoms with Crippen LogP contribution in [0.5, 0.6) is 11.5 Å². The number of hydrogen-bond acceptors (Lipinski definition) is 9. The molecule has 42 heavy (non-hydrogen) atoms. The second-order valence-electron chi connectivity index (χ2n) is 8.97. The summed E-state index contributed by atoms with van der Waals surface area (Å²) >= 11 is 6.53. The van der Waals surface area contributed by atoms with Crippen molar-refractivity contribution in [3.05, 3.63) is 102 Å². The number of aromatic nitrogens is 1. The largest absolute Gasteiger partial charge is 0.498 e. The first-order valence-electron chi connectivity index (χ1n) is 13.2. The number of benzene rings is 1. The third-order valence-electron chi connectivity index (χ3n) is 5.93. The van der Waals surface area contributed by atoms with Crippen molar-refractivity contribution in [2.24, 2.45) is 0 Å². The van der Waals surface area contributed by atoms with Crippen LogP contribution in [0, 0.1) is 11.3 Å². The van der Waals surface area contributed by atoms with Gasteiger partial charge in [0, 0.05) is 51.1 Å². The van der Waals surface area contributed by atoms with Gasteiger partial charge in [0.25, 0.3) is 0 Å². The Bertz CT molecular complexity index is 1250. The second kappa shape index (κ2) is 19.2. The lowest BCUT2D eigenvalue weighted by molar-refractivity contribution is -0.151. The van der Waals surface area contributed by atoms with E-state index in [-0.39, 0.29) is 29.5 Å². The van der Waals surface area contributed by atoms with Gasteiger partial charge in [-0.25, -0.2) is 0 Å². The predicted molar refractivity (Wildman–Crippen MR) is 161 cm³/mol. The molecule has 1 aromatic heterocycles. The van der Waals surface area contributed by atoms with Gasteiger partial charge in [-0.2, -0.15) is 5.26 Å². The Hall–Kier alpha value is -3.94. The molecule has 0 bridgehead atoms. The van der Waals surface area contributed by atoms with Gasteiger partial charge in [0.15, 0.2) is 12.6 Å². The van der Waals surface area contributed by atoms with Crippen LogP contribution in [-0.4, -0.2) is 56.7 Å². The van der Waals surface area contributed by atoms with Crippen molar-refractivity contribution in [2.75, 3.05) is 20.8 Å². The van der Waals surface area contributed by atoms with Crippen LogP contribution in [0.2, 0.25) is 5.02 Å². The van der Waals surface area contributed by atoms with Crippen LogP contribution >= 0.6 is 11.6 Å². The smallest absolute Gasteiger partial charge is 0.159 e. The van der Waals surface area contributed by atoms with Gasteiger partial charge in [-0.3, -0.25) is 9.78 Å². The topological polar surface area (TPSA) is 109 Å². The zero-order valence-corrected chi connectivity index (χ0v) is 24.9. The van der Waals surface area contributed by atoms with Crippen LogP contribution in [0.15, 0.2) is 80.4 Å². The molecular formula is C32H37ClN2O7. The maximum absolute atomic E-state index is 11.8. The molecule has 3 unspecified atom stereocenters. The Morgan fingerprint density at radius 3 is 2.52 bits per heavy atom. The van der Waals surface area contributed by atoms with Crippen LogP contribution in [0.25, 0.3) is 0 Å². The first-order chi connectivity index (χ1) is 20.4. The number of allylic oxidation sites excluding steroid dienone is 4. The number of hydrogen-bond donors (Lipinski definition) is 0. The molecule has 2 rings (SSSR count). The van der Waals surface area contributed by atoms with Crippen LogP contribution in [0.1, 0.15) is 41.3 Å². The number of nitriles is 1. The monoisotopic (exact) mass is 596 g/mol. The first kappa shape index (κ1) is 34.3. The Balaban J connectivity index is 2.29. The van der Waals surface area contributed by atoms with Crippen LogP contribution in [0.4, 0.5) is 0 Å². The summed E-state index contributed by atoms with van der Waals surface area (Å²) in [5.41, 5.74) is 1.32. The van der Waals surface area contributed by atoms with Crippen molar-refractivity contribution < 1.29 is 33.2 Å². The minimum Gasteiger partial charge on any atom is -0.498 e. The van der Waals surface area contributed by atoms with Gasteiger partial charge in [-0.15, -0.1) is 0 Å². The van der Waals surface area contributed by atoms with E-state index in [1.807, 2.05) is 25.1 Å². The molecule has 0 aliphatic heterocycles. The normalized spacial score (nSPS) is 13.4. The van der Waals surface area contributed by atoms with Gasteiger partial charge in [-0.1, -0.05) is 49.1 Å². The van der Waals surface area contributed by atoms with Gasteiger partial charge < -0.3 is 28.4 Å². The van der Waals surface area contributed by atoms with E-state index in [2.05, 4.69) is 18.1 Å². The van der Waals surface area contributed by atoms with Crippen molar-refractivity contribution in [1.82, 2.24) is 4.98 Å². The first-order valence-corrected chi connectivity index (χ1v) is 13.6. The summed E-state index contributed by atoms with van der Waals surface area (Å²) in [6.07, 6.45) is 12.9. The molecular weight excluding hydrogens is 560 g/mol. The van der Waals surface area contributed by atoms with E-state index in [9.17, 15) is 4.79 Å². The van der Waals surface area contributed by atoms with Crippen LogP contribution in [-0.2, 0) is 25.6 Å². The summed E-state index contributed by atoms with van der Waals surface area (Å²) in [4.78, 5) is 15.8. The lowest BCUT2D eigenvalue weighted by Gasteiger charge is -2.30. The summed E-state index contributed by atoms with van der Waals surface area (Å²) in [6, 6.07) is 6.75. The Kier molecular flexibility index (Phi) is 15.7. The number of ether oxygens (including phenoxy) is 6. The van der Waals surface area contributed by atoms with Gasteiger partial charge >= 0.3 is 0 Å². The van der Waals surface area contributed by atoms with Crippen molar-refractivity contribution >= 4 is 17.9 Å². The molecule has 3 atom stereocenters. The highest BCUT2D eigenvalue weighted by atomic mass is 35.5. The van der Waals surface area contributed by atoms with E-state index < -0.39 is 24.6 Å². The summed E-state index contributed by atoms with van der Waals surface area (Å²) in [5, 5.41) is 9.37. The number of rotatable bonds is 20. The molecule has 1 heterocycles. The van der Waals surface area contributed by atoms with Crippen LogP contribution < -0.4 is 9.47 Å². The van der Waals surface area contributed by atoms with Crippen molar-refractivity contribution in [3.8, 4) is 17.6 Å². The van der Waals surface area contributed by atoms with Crippen molar-refractivity contribution in [3.63, 3.8) is 0 Å². The predicted octanol–water partition coefficient (Wildman–Crippen LogP) is 6.38. The van der Waals surface area contributed by atoms with E-state index in [4.69, 9.17) is 45.3 Å². The van der Waals surface area contributed by atoms with E-state index >= 15 is 0 Å². The average Bonchev–Trinajstić information content (AvgIpc) is 3.01. The van der Waals surface area contributed by atoms with Crippen molar-refractivity contribution in [1.29, 1.82) is 5.26 Å². The molecule has 10 heteroatoms. The average molecular weight is 597 g/mol. The number of nitrogens with zero attached hydrogens (tertiary/aromatic N) is 2. The maximum atomic E-state index is 11.8. The fourth-order valence-corrected chi connectivity index (χ4v) is 4.00. The minimum atomic E-state index is -0.500. The molecule has 0 fully saturated rings. The van der Waals surface area contributed by atoms with Gasteiger partial charge in [0.2, 0.25) is 0 Å². The quantitative estimate of drug-likeness (QED) is 0.0744. The highest BCUT2D eigenvalue weighted by molar-refractivity contribution is 6.32. The fourth-order valence-electron chi connectivity index (χ4n) is 3.79. The standard InChI is InChI=1S/C32H37ClN2O7/c1-6-8-10-11-29(23(3)41-27(15-32(37-4)38-5)22-39-12-9-7-2)42-31-16-30(26(20-36)14-28(31)33)40-21-25-13-24(17-34)18-35-19-25/h6-10,12-14,16,18-20,23,27,29,32H,1-2,11,15,21-22H2,3-5H3/b10-8-,12-9+. The number of halogens is 1. The molecule has 0 radical (unpaired) electrons. The second-order valence-corrected chi connectivity index (χ2v) is 9.38. The number of carbonyl (C=O) groups excluding carboxylic acids is 1. The maximum Gasteiger partial charge on any atom is 0.159 e. The third-order valence-corrected chi connectivity index (χ3v) is 6.23. The summed E-state index contributed by atoms with van der Waals surface area (Å²) < 4.78 is 35.0. The van der Waals surface area contributed by atoms with Gasteiger partial charge in [0.1, 0.15) is 36.9 Å². The lowest BCUT2D eigenvalue weighted by atomic mass is 10.1. The molecule has 0 amide bonds. The molecule has 0 aliphatic rings. The summed E-state index contributed by atoms with van der Waals surface area (Å²) in [6.45, 7) is 9.56. The van der Waals surface area contributed by atoms with E-state index in [1.54, 1.807) is 50.8 Å². The summed E-state index contributed by atoms with van der Waals surface area (Å²) in [7, 11) is 3.11. The van der Waals surface area contributed by atoms with Crippen LogP contribution in [0.3, 0.4) is 0 Å². The van der Waals surface area contributed by atoms with Gasteiger partial charge in [-0.05, 0) is 25.1 Å². The van der Waals surface area contributed by atoms with E-state index in [0.717, 1.165) is 0 Å². The fraction of sp³-hybridized carbons (Fsp3) is 0.344. The molecule has 224 valence electrons. The highest BCUT2D eigenvalue weighted by Crippen LogP contribution is 2.34. The Morgan fingerprint density at radius 2 is 1.86 bits per heavy atom. The molecule has 1 aromatic carbocycles. The Morgan fingerprint density at radius 1 is 1.10 bits per heavy atom. The van der Waals surface area contributed by atoms with E-state index in [1.165, 1.54) is 18.5 Å². The number of methoxy groups -OCH3 is 2. The molecule has 9 nitrogen and oxygen atoms in total. The third kappa shape index (κ3) is 11.5. The highest BCUT2D eigenvalue weighted by Gasteiger charge is 2.26. The molecule has 0 N–H and O–H groups in total. The number of pyridine rings is 1. The zero-order valence-electron chi connectivity index (χ0n) is 24.1. The summed E-state index contributed by atoms with van der Waals surface area (Å²) in [5.74, 6) is 0.575. The molecule has 0 saturated heterocycles.